The van der Waals surface area contributed by atoms with E-state index in [0.29, 0.717) is 12.3 Å². The molecular formula is C18H18N2O4. The van der Waals surface area contributed by atoms with Crippen LogP contribution < -0.4 is 24.8 Å². The summed E-state index contributed by atoms with van der Waals surface area (Å²) in [6.45, 7) is 3.08. The second kappa shape index (κ2) is 6.05. The zero-order valence-electron chi connectivity index (χ0n) is 13.3. The minimum atomic E-state index is -0.128. The lowest BCUT2D eigenvalue weighted by Gasteiger charge is -2.21. The van der Waals surface area contributed by atoms with Gasteiger partial charge in [-0.3, -0.25) is 4.79 Å². The van der Waals surface area contributed by atoms with Crippen molar-refractivity contribution in [3.8, 4) is 17.2 Å². The minimum absolute atomic E-state index is 0.0708. The van der Waals surface area contributed by atoms with Gasteiger partial charge < -0.3 is 24.8 Å². The Bertz CT molecular complexity index is 791. The highest BCUT2D eigenvalue weighted by Crippen LogP contribution is 2.36. The van der Waals surface area contributed by atoms with Crippen LogP contribution in [0.3, 0.4) is 0 Å². The van der Waals surface area contributed by atoms with Gasteiger partial charge in [-0.25, -0.2) is 0 Å². The Balaban J connectivity index is 1.47. The second-order valence-corrected chi connectivity index (χ2v) is 5.85. The van der Waals surface area contributed by atoms with Gasteiger partial charge >= 0.3 is 0 Å². The minimum Gasteiger partial charge on any atom is -0.482 e. The summed E-state index contributed by atoms with van der Waals surface area (Å²) in [7, 11) is 0. The molecule has 2 aliphatic heterocycles. The van der Waals surface area contributed by atoms with E-state index in [1.165, 1.54) is 0 Å². The molecule has 0 unspecified atom stereocenters. The number of hydrogen-bond donors (Lipinski definition) is 2. The van der Waals surface area contributed by atoms with Crippen LogP contribution in [0.5, 0.6) is 17.2 Å². The van der Waals surface area contributed by atoms with Crippen LogP contribution in [-0.2, 0) is 11.3 Å². The van der Waals surface area contributed by atoms with E-state index in [1.807, 2.05) is 36.4 Å². The molecule has 0 saturated heterocycles. The lowest BCUT2D eigenvalue weighted by molar-refractivity contribution is -0.118. The fourth-order valence-corrected chi connectivity index (χ4v) is 2.88. The summed E-state index contributed by atoms with van der Waals surface area (Å²) in [6.07, 6.45) is 0. The first kappa shape index (κ1) is 14.8. The van der Waals surface area contributed by atoms with Crippen LogP contribution in [-0.4, -0.2) is 19.3 Å². The largest absolute Gasteiger partial charge is 0.482 e. The van der Waals surface area contributed by atoms with E-state index in [-0.39, 0.29) is 25.3 Å². The Labute approximate surface area is 139 Å². The predicted molar refractivity (Wildman–Crippen MR) is 88.4 cm³/mol. The highest BCUT2D eigenvalue weighted by atomic mass is 16.7. The molecule has 0 aliphatic carbocycles. The van der Waals surface area contributed by atoms with Crippen LogP contribution >= 0.6 is 0 Å². The normalized spacial score (nSPS) is 16.1. The maximum Gasteiger partial charge on any atom is 0.262 e. The molecule has 0 spiro atoms. The van der Waals surface area contributed by atoms with Crippen molar-refractivity contribution in [2.75, 3.05) is 18.7 Å². The van der Waals surface area contributed by atoms with Gasteiger partial charge in [0.1, 0.15) is 5.75 Å². The average Bonchev–Trinajstić information content (AvgIpc) is 3.08. The molecule has 6 nitrogen and oxygen atoms in total. The lowest BCUT2D eigenvalue weighted by Crippen LogP contribution is -2.26. The van der Waals surface area contributed by atoms with Crippen molar-refractivity contribution >= 4 is 11.6 Å². The van der Waals surface area contributed by atoms with E-state index in [9.17, 15) is 4.79 Å². The van der Waals surface area contributed by atoms with E-state index < -0.39 is 0 Å². The molecule has 0 radical (unpaired) electrons. The molecule has 4 rings (SSSR count). The van der Waals surface area contributed by atoms with Gasteiger partial charge in [0.05, 0.1) is 5.69 Å². The molecule has 2 aliphatic rings. The summed E-state index contributed by atoms with van der Waals surface area (Å²) < 4.78 is 16.3. The number of hydrogen-bond acceptors (Lipinski definition) is 5. The number of rotatable bonds is 4. The summed E-state index contributed by atoms with van der Waals surface area (Å²) in [5.74, 6) is 2.17. The van der Waals surface area contributed by atoms with Crippen molar-refractivity contribution in [3.63, 3.8) is 0 Å². The van der Waals surface area contributed by atoms with Crippen LogP contribution in [0.1, 0.15) is 24.1 Å². The second-order valence-electron chi connectivity index (χ2n) is 5.85. The molecule has 24 heavy (non-hydrogen) atoms. The van der Waals surface area contributed by atoms with E-state index in [4.69, 9.17) is 14.2 Å². The molecular weight excluding hydrogens is 308 g/mol. The van der Waals surface area contributed by atoms with Crippen molar-refractivity contribution in [2.45, 2.75) is 19.5 Å². The fraction of sp³-hybridized carbons (Fsp3) is 0.278. The first-order valence-electron chi connectivity index (χ1n) is 7.88. The Morgan fingerprint density at radius 2 is 2.08 bits per heavy atom. The highest BCUT2D eigenvalue weighted by Gasteiger charge is 2.19. The van der Waals surface area contributed by atoms with Crippen molar-refractivity contribution in [3.05, 3.63) is 47.5 Å². The number of para-hydroxylation sites is 1. The average molecular weight is 326 g/mol. The number of amides is 1. The first-order chi connectivity index (χ1) is 11.7. The molecule has 2 N–H and O–H groups in total. The third kappa shape index (κ3) is 2.76. The Kier molecular flexibility index (Phi) is 3.74. The molecule has 6 heteroatoms. The quantitative estimate of drug-likeness (QED) is 0.904. The SMILES string of the molecule is C[C@H](NCc1cccc2c1OCO2)c1ccc2c(c1)NC(=O)CO2. The third-order valence-corrected chi connectivity index (χ3v) is 4.21. The fourth-order valence-electron chi connectivity index (χ4n) is 2.88. The number of carbonyl (C=O) groups excluding carboxylic acids is 1. The molecule has 0 aromatic heterocycles. The summed E-state index contributed by atoms with van der Waals surface area (Å²) in [6, 6.07) is 11.8. The number of carbonyl (C=O) groups is 1. The van der Waals surface area contributed by atoms with E-state index in [1.54, 1.807) is 0 Å². The number of anilines is 1. The van der Waals surface area contributed by atoms with Crippen LogP contribution in [0.25, 0.3) is 0 Å². The van der Waals surface area contributed by atoms with Gasteiger partial charge in [0.15, 0.2) is 18.1 Å². The van der Waals surface area contributed by atoms with Gasteiger partial charge in [-0.15, -0.1) is 0 Å². The van der Waals surface area contributed by atoms with Crippen molar-refractivity contribution in [1.29, 1.82) is 0 Å². The van der Waals surface area contributed by atoms with Gasteiger partial charge in [-0.1, -0.05) is 18.2 Å². The molecule has 0 fully saturated rings. The van der Waals surface area contributed by atoms with Crippen molar-refractivity contribution in [1.82, 2.24) is 5.32 Å². The van der Waals surface area contributed by atoms with Crippen LogP contribution in [0.2, 0.25) is 0 Å². The van der Waals surface area contributed by atoms with Gasteiger partial charge in [-0.2, -0.15) is 0 Å². The zero-order chi connectivity index (χ0) is 16.5. The van der Waals surface area contributed by atoms with Gasteiger partial charge in [-0.05, 0) is 30.7 Å². The third-order valence-electron chi connectivity index (χ3n) is 4.21. The number of nitrogens with one attached hydrogen (secondary N) is 2. The Morgan fingerprint density at radius 1 is 1.17 bits per heavy atom. The van der Waals surface area contributed by atoms with Crippen LogP contribution in [0.15, 0.2) is 36.4 Å². The standard InChI is InChI=1S/C18H18N2O4/c1-11(12-5-6-15-14(7-12)20-17(21)9-22-15)19-8-13-3-2-4-16-18(13)24-10-23-16/h2-7,11,19H,8-10H2,1H3,(H,20,21)/t11-/m0/s1. The molecule has 0 saturated carbocycles. The number of benzene rings is 2. The maximum atomic E-state index is 11.4. The summed E-state index contributed by atoms with van der Waals surface area (Å²) >= 11 is 0. The van der Waals surface area contributed by atoms with E-state index in [0.717, 1.165) is 28.3 Å². The van der Waals surface area contributed by atoms with Gasteiger partial charge in [0.25, 0.3) is 5.91 Å². The molecule has 124 valence electrons. The van der Waals surface area contributed by atoms with E-state index in [2.05, 4.69) is 17.6 Å². The molecule has 1 atom stereocenters. The topological polar surface area (TPSA) is 68.8 Å². The Hall–Kier alpha value is -2.73. The van der Waals surface area contributed by atoms with Crippen LogP contribution in [0.4, 0.5) is 5.69 Å². The van der Waals surface area contributed by atoms with Crippen LogP contribution in [0, 0.1) is 0 Å². The van der Waals surface area contributed by atoms with Gasteiger partial charge in [0, 0.05) is 18.2 Å². The molecule has 0 bridgehead atoms. The summed E-state index contributed by atoms with van der Waals surface area (Å²) in [5.41, 5.74) is 2.85. The highest BCUT2D eigenvalue weighted by molar-refractivity contribution is 5.95. The number of fused-ring (bicyclic) bond motifs is 2. The number of ether oxygens (including phenoxy) is 3. The Morgan fingerprint density at radius 3 is 3.00 bits per heavy atom. The zero-order valence-corrected chi connectivity index (χ0v) is 13.3. The molecule has 2 aromatic carbocycles. The molecule has 1 amide bonds. The smallest absolute Gasteiger partial charge is 0.262 e. The monoisotopic (exact) mass is 326 g/mol. The molecule has 2 aromatic rings. The maximum absolute atomic E-state index is 11.4. The van der Waals surface area contributed by atoms with Crippen molar-refractivity contribution < 1.29 is 19.0 Å². The van der Waals surface area contributed by atoms with E-state index >= 15 is 0 Å². The van der Waals surface area contributed by atoms with Crippen molar-refractivity contribution in [2.24, 2.45) is 0 Å². The molecule has 2 heterocycles. The first-order valence-corrected chi connectivity index (χ1v) is 7.88. The lowest BCUT2D eigenvalue weighted by atomic mass is 10.1. The summed E-state index contributed by atoms with van der Waals surface area (Å²) in [4.78, 5) is 11.4. The van der Waals surface area contributed by atoms with Gasteiger partial charge in [0.2, 0.25) is 6.79 Å². The summed E-state index contributed by atoms with van der Waals surface area (Å²) in [5, 5.41) is 6.31. The predicted octanol–water partition coefficient (Wildman–Crippen LogP) is 2.60.